The van der Waals surface area contributed by atoms with Crippen molar-refractivity contribution in [2.24, 2.45) is 0 Å². The molecule has 20 heavy (non-hydrogen) atoms. The number of halogens is 1. The Hall–Kier alpha value is -1.35. The third-order valence-corrected chi connectivity index (χ3v) is 4.40. The van der Waals surface area contributed by atoms with Gasteiger partial charge in [-0.2, -0.15) is 0 Å². The molecule has 106 valence electrons. The quantitative estimate of drug-likeness (QED) is 0.631. The molecule has 1 amide bonds. The highest BCUT2D eigenvalue weighted by Crippen LogP contribution is 2.36. The van der Waals surface area contributed by atoms with E-state index in [4.69, 9.17) is 11.6 Å². The molecule has 0 fully saturated rings. The normalized spacial score (nSPS) is 17.1. The van der Waals surface area contributed by atoms with E-state index >= 15 is 0 Å². The Morgan fingerprint density at radius 2 is 1.95 bits per heavy atom. The summed E-state index contributed by atoms with van der Waals surface area (Å²) >= 11 is 5.65. The number of anilines is 1. The van der Waals surface area contributed by atoms with Gasteiger partial charge in [-0.25, -0.2) is 0 Å². The lowest BCUT2D eigenvalue weighted by Crippen LogP contribution is -2.39. The molecular weight excluding hydrogens is 274 g/mol. The molecule has 0 saturated heterocycles. The minimum absolute atomic E-state index is 0.165. The van der Waals surface area contributed by atoms with E-state index < -0.39 is 0 Å². The summed E-state index contributed by atoms with van der Waals surface area (Å²) in [5.41, 5.74) is 4.20. The second-order valence-corrected chi connectivity index (χ2v) is 5.89. The van der Waals surface area contributed by atoms with Gasteiger partial charge < -0.3 is 4.90 Å². The van der Waals surface area contributed by atoms with Crippen molar-refractivity contribution in [2.45, 2.75) is 38.5 Å². The summed E-state index contributed by atoms with van der Waals surface area (Å²) in [5, 5.41) is 0. The first-order valence-corrected chi connectivity index (χ1v) is 7.79. The van der Waals surface area contributed by atoms with Gasteiger partial charge >= 0.3 is 0 Å². The monoisotopic (exact) mass is 291 g/mol. The summed E-state index contributed by atoms with van der Waals surface area (Å²) in [5.74, 6) is 0.907. The number of hydrogen-bond donors (Lipinski definition) is 0. The van der Waals surface area contributed by atoms with E-state index in [1.807, 2.05) is 17.0 Å². The number of benzene rings is 1. The highest BCUT2D eigenvalue weighted by molar-refractivity contribution is 6.18. The zero-order valence-corrected chi connectivity index (χ0v) is 12.2. The topological polar surface area (TPSA) is 37.4 Å². The number of aryl methyl sites for hydroxylation is 2. The fourth-order valence-corrected chi connectivity index (χ4v) is 3.32. The molecule has 2 heterocycles. The molecular formula is C16H18ClNO2. The van der Waals surface area contributed by atoms with Crippen molar-refractivity contribution < 1.29 is 9.59 Å². The van der Waals surface area contributed by atoms with E-state index in [0.717, 1.165) is 54.6 Å². The van der Waals surface area contributed by atoms with E-state index in [2.05, 4.69) is 0 Å². The van der Waals surface area contributed by atoms with Crippen LogP contribution in [-0.2, 0) is 17.6 Å². The van der Waals surface area contributed by atoms with Gasteiger partial charge in [0.1, 0.15) is 0 Å². The molecule has 0 saturated carbocycles. The van der Waals surface area contributed by atoms with Crippen LogP contribution in [0.2, 0.25) is 0 Å². The summed E-state index contributed by atoms with van der Waals surface area (Å²) in [6.45, 7) is 0.818. The van der Waals surface area contributed by atoms with Crippen molar-refractivity contribution in [2.75, 3.05) is 17.3 Å². The van der Waals surface area contributed by atoms with E-state index in [0.29, 0.717) is 18.7 Å². The summed E-state index contributed by atoms with van der Waals surface area (Å²) in [7, 11) is 0. The highest BCUT2D eigenvalue weighted by Gasteiger charge is 2.30. The summed E-state index contributed by atoms with van der Waals surface area (Å²) < 4.78 is 0. The minimum Gasteiger partial charge on any atom is -0.312 e. The Labute approximate surface area is 123 Å². The van der Waals surface area contributed by atoms with Crippen molar-refractivity contribution in [3.63, 3.8) is 0 Å². The molecule has 4 heteroatoms. The Morgan fingerprint density at radius 3 is 2.70 bits per heavy atom. The first kappa shape index (κ1) is 13.6. The smallest absolute Gasteiger partial charge is 0.227 e. The molecule has 0 aromatic heterocycles. The number of Topliss-reactive ketones (excluding diaryl/α,β-unsaturated/α-hetero) is 1. The van der Waals surface area contributed by atoms with Crippen molar-refractivity contribution in [3.8, 4) is 0 Å². The van der Waals surface area contributed by atoms with Gasteiger partial charge in [0.2, 0.25) is 5.91 Å². The van der Waals surface area contributed by atoms with E-state index in [1.165, 1.54) is 0 Å². The third-order valence-electron chi connectivity index (χ3n) is 4.13. The maximum atomic E-state index is 12.2. The average molecular weight is 292 g/mol. The van der Waals surface area contributed by atoms with Crippen LogP contribution in [0.5, 0.6) is 0 Å². The maximum Gasteiger partial charge on any atom is 0.227 e. The number of amides is 1. The van der Waals surface area contributed by atoms with Gasteiger partial charge in [-0.15, -0.1) is 11.6 Å². The SMILES string of the molecule is O=C(CCCCl)c1cc2c3c(c1)CCC(=O)N3CCC2. The van der Waals surface area contributed by atoms with Gasteiger partial charge in [-0.1, -0.05) is 0 Å². The molecule has 2 aliphatic heterocycles. The van der Waals surface area contributed by atoms with Crippen molar-refractivity contribution in [1.29, 1.82) is 0 Å². The van der Waals surface area contributed by atoms with Crippen LogP contribution in [0.15, 0.2) is 12.1 Å². The predicted molar refractivity (Wildman–Crippen MR) is 79.7 cm³/mol. The number of ketones is 1. The van der Waals surface area contributed by atoms with Crippen molar-refractivity contribution in [1.82, 2.24) is 0 Å². The second-order valence-electron chi connectivity index (χ2n) is 5.51. The van der Waals surface area contributed by atoms with Crippen LogP contribution in [0.4, 0.5) is 5.69 Å². The lowest BCUT2D eigenvalue weighted by molar-refractivity contribution is -0.119. The van der Waals surface area contributed by atoms with Crippen molar-refractivity contribution in [3.05, 3.63) is 28.8 Å². The molecule has 0 aliphatic carbocycles. The van der Waals surface area contributed by atoms with Crippen molar-refractivity contribution >= 4 is 29.0 Å². The molecule has 1 aromatic carbocycles. The molecule has 0 atom stereocenters. The van der Waals surface area contributed by atoms with E-state index in [1.54, 1.807) is 0 Å². The third kappa shape index (κ3) is 2.35. The van der Waals surface area contributed by atoms with Gasteiger partial charge in [-0.3, -0.25) is 9.59 Å². The van der Waals surface area contributed by atoms with E-state index in [9.17, 15) is 9.59 Å². The lowest BCUT2D eigenvalue weighted by Gasteiger charge is -2.35. The number of carbonyl (C=O) groups is 2. The standard InChI is InChI=1S/C16H18ClNO2/c17-7-1-4-14(19)13-9-11-3-2-8-18-15(20)6-5-12(10-13)16(11)18/h9-10H,1-8H2. The molecule has 1 aromatic rings. The Kier molecular flexibility index (Phi) is 3.79. The fraction of sp³-hybridized carbons (Fsp3) is 0.500. The van der Waals surface area contributed by atoms with E-state index in [-0.39, 0.29) is 11.7 Å². The zero-order valence-electron chi connectivity index (χ0n) is 11.5. The molecule has 0 radical (unpaired) electrons. The first-order valence-electron chi connectivity index (χ1n) is 7.26. The Morgan fingerprint density at radius 1 is 1.20 bits per heavy atom. The number of carbonyl (C=O) groups excluding carboxylic acids is 2. The molecule has 0 unspecified atom stereocenters. The number of alkyl halides is 1. The maximum absolute atomic E-state index is 12.2. The largest absolute Gasteiger partial charge is 0.312 e. The number of rotatable bonds is 4. The molecule has 3 nitrogen and oxygen atoms in total. The molecule has 3 rings (SSSR count). The Bertz CT molecular complexity index is 551. The summed E-state index contributed by atoms with van der Waals surface area (Å²) in [6.07, 6.45) is 4.49. The van der Waals surface area contributed by atoms with Gasteiger partial charge in [0.25, 0.3) is 0 Å². The molecule has 0 N–H and O–H groups in total. The molecule has 0 bridgehead atoms. The predicted octanol–water partition coefficient (Wildman–Crippen LogP) is 3.11. The van der Waals surface area contributed by atoms with Crippen LogP contribution in [0.1, 0.15) is 47.2 Å². The van der Waals surface area contributed by atoms with Crippen LogP contribution < -0.4 is 4.90 Å². The van der Waals surface area contributed by atoms with Crippen LogP contribution in [-0.4, -0.2) is 24.1 Å². The van der Waals surface area contributed by atoms with Crippen LogP contribution in [0, 0.1) is 0 Å². The Balaban J connectivity index is 1.98. The number of hydrogen-bond acceptors (Lipinski definition) is 2. The molecule has 0 spiro atoms. The summed E-state index contributed by atoms with van der Waals surface area (Å²) in [6, 6.07) is 3.97. The highest BCUT2D eigenvalue weighted by atomic mass is 35.5. The minimum atomic E-state index is 0.165. The van der Waals surface area contributed by atoms with Crippen LogP contribution in [0.25, 0.3) is 0 Å². The van der Waals surface area contributed by atoms with Gasteiger partial charge in [0, 0.05) is 30.8 Å². The van der Waals surface area contributed by atoms with Crippen LogP contribution in [0.3, 0.4) is 0 Å². The van der Waals surface area contributed by atoms with Gasteiger partial charge in [0.15, 0.2) is 5.78 Å². The molecule has 2 aliphatic rings. The second kappa shape index (κ2) is 5.57. The first-order chi connectivity index (χ1) is 9.70. The fourth-order valence-electron chi connectivity index (χ4n) is 3.19. The summed E-state index contributed by atoms with van der Waals surface area (Å²) in [4.78, 5) is 26.1. The zero-order chi connectivity index (χ0) is 14.1. The van der Waals surface area contributed by atoms with Gasteiger partial charge in [0.05, 0.1) is 5.69 Å². The lowest BCUT2D eigenvalue weighted by atomic mass is 9.88. The number of nitrogens with zero attached hydrogens (tertiary/aromatic N) is 1. The van der Waals surface area contributed by atoms with Crippen LogP contribution >= 0.6 is 11.6 Å². The average Bonchev–Trinajstić information content (AvgIpc) is 2.48. The van der Waals surface area contributed by atoms with Gasteiger partial charge in [-0.05, 0) is 48.9 Å².